The van der Waals surface area contributed by atoms with Crippen LogP contribution in [0.5, 0.6) is 0 Å². The lowest BCUT2D eigenvalue weighted by molar-refractivity contribution is -0.133. The molecule has 3 heterocycles. The zero-order valence-electron chi connectivity index (χ0n) is 14.2. The van der Waals surface area contributed by atoms with Crippen LogP contribution in [0.3, 0.4) is 0 Å². The maximum Gasteiger partial charge on any atom is 0.313 e. The molecule has 0 radical (unpaired) electrons. The van der Waals surface area contributed by atoms with Crippen LogP contribution in [0.25, 0.3) is 0 Å². The van der Waals surface area contributed by atoms with Gasteiger partial charge in [-0.2, -0.15) is 0 Å². The van der Waals surface area contributed by atoms with Crippen molar-refractivity contribution in [3.8, 4) is 0 Å². The molecule has 140 valence electrons. The number of amides is 1. The molecule has 2 aliphatic rings. The molecular formula is C18H16ClN3O3S2. The summed E-state index contributed by atoms with van der Waals surface area (Å²) in [6.45, 7) is 1.30. The Hall–Kier alpha value is -1.77. The van der Waals surface area contributed by atoms with Crippen LogP contribution >= 0.6 is 35.1 Å². The van der Waals surface area contributed by atoms with Crippen molar-refractivity contribution in [3.05, 3.63) is 46.6 Å². The van der Waals surface area contributed by atoms with Crippen LogP contribution in [0, 0.1) is 0 Å². The van der Waals surface area contributed by atoms with E-state index in [9.17, 15) is 9.59 Å². The summed E-state index contributed by atoms with van der Waals surface area (Å²) in [4.78, 5) is 34.2. The first-order chi connectivity index (χ1) is 13.0. The normalized spacial score (nSPS) is 20.9. The van der Waals surface area contributed by atoms with Crippen LogP contribution in [0.1, 0.15) is 28.3 Å². The molecular weight excluding hydrogens is 406 g/mol. The van der Waals surface area contributed by atoms with Crippen LogP contribution in [0.15, 0.2) is 40.5 Å². The Morgan fingerprint density at radius 3 is 2.81 bits per heavy atom. The number of aliphatic carboxylic acids is 1. The maximum atomic E-state index is 12.7. The largest absolute Gasteiger partial charge is 0.481 e. The van der Waals surface area contributed by atoms with Crippen LogP contribution in [0.2, 0.25) is 5.15 Å². The van der Waals surface area contributed by atoms with Crippen LogP contribution < -0.4 is 0 Å². The first-order valence-electron chi connectivity index (χ1n) is 8.46. The lowest BCUT2D eigenvalue weighted by Crippen LogP contribution is -2.43. The third-order valence-electron chi connectivity index (χ3n) is 4.67. The number of carbonyl (C=O) groups excluding carboxylic acids is 1. The summed E-state index contributed by atoms with van der Waals surface area (Å²) in [5.41, 5.74) is 1.64. The second-order valence-electron chi connectivity index (χ2n) is 6.37. The number of benzene rings is 1. The Morgan fingerprint density at radius 1 is 1.30 bits per heavy atom. The number of piperidine rings is 1. The summed E-state index contributed by atoms with van der Waals surface area (Å²) < 4.78 is 0. The SMILES string of the molecule is O=C(O)CSc1nc(Cl)c2c(n1)SC1CN(C(=O)c3ccccc3)CCC21. The van der Waals surface area contributed by atoms with Crippen molar-refractivity contribution >= 4 is 47.0 Å². The molecule has 2 unspecified atom stereocenters. The molecule has 2 aromatic rings. The number of carboxylic acid groups (broad SMARTS) is 1. The summed E-state index contributed by atoms with van der Waals surface area (Å²) in [6, 6.07) is 9.29. The van der Waals surface area contributed by atoms with Gasteiger partial charge in [-0.05, 0) is 18.6 Å². The summed E-state index contributed by atoms with van der Waals surface area (Å²) in [5.74, 6) is -0.764. The minimum atomic E-state index is -0.920. The van der Waals surface area contributed by atoms with Gasteiger partial charge in [-0.3, -0.25) is 9.59 Å². The quantitative estimate of drug-likeness (QED) is 0.460. The van der Waals surface area contributed by atoms with Gasteiger partial charge in [0.1, 0.15) is 10.2 Å². The highest BCUT2D eigenvalue weighted by Gasteiger charge is 2.42. The molecule has 1 fully saturated rings. The highest BCUT2D eigenvalue weighted by molar-refractivity contribution is 8.00. The van der Waals surface area contributed by atoms with Crippen molar-refractivity contribution in [3.63, 3.8) is 0 Å². The third-order valence-corrected chi connectivity index (χ3v) is 7.10. The first kappa shape index (κ1) is 18.6. The molecule has 9 heteroatoms. The van der Waals surface area contributed by atoms with Crippen LogP contribution in [-0.2, 0) is 4.79 Å². The van der Waals surface area contributed by atoms with Gasteiger partial charge in [0.2, 0.25) is 0 Å². The van der Waals surface area contributed by atoms with Gasteiger partial charge in [-0.15, -0.1) is 11.8 Å². The number of nitrogens with zero attached hydrogens (tertiary/aromatic N) is 3. The summed E-state index contributed by atoms with van der Waals surface area (Å²) >= 11 is 9.07. The minimum absolute atomic E-state index is 0.0421. The second kappa shape index (κ2) is 7.69. The summed E-state index contributed by atoms with van der Waals surface area (Å²) in [5, 5.41) is 10.6. The van der Waals surface area contributed by atoms with Crippen molar-refractivity contribution in [2.75, 3.05) is 18.8 Å². The molecule has 1 amide bonds. The molecule has 0 bridgehead atoms. The van der Waals surface area contributed by atoms with Gasteiger partial charge in [0, 0.05) is 35.4 Å². The molecule has 1 aromatic carbocycles. The number of aromatic nitrogens is 2. The predicted molar refractivity (Wildman–Crippen MR) is 105 cm³/mol. The number of hydrogen-bond acceptors (Lipinski definition) is 6. The average Bonchev–Trinajstić information content (AvgIpc) is 3.04. The van der Waals surface area contributed by atoms with E-state index in [0.717, 1.165) is 28.8 Å². The van der Waals surface area contributed by atoms with E-state index in [-0.39, 0.29) is 22.8 Å². The van der Waals surface area contributed by atoms with Crippen molar-refractivity contribution in [2.45, 2.75) is 27.8 Å². The monoisotopic (exact) mass is 421 g/mol. The summed E-state index contributed by atoms with van der Waals surface area (Å²) in [7, 11) is 0. The number of halogens is 1. The Balaban J connectivity index is 1.51. The number of thioether (sulfide) groups is 2. The zero-order chi connectivity index (χ0) is 19.0. The molecule has 0 saturated carbocycles. The fraction of sp³-hybridized carbons (Fsp3) is 0.333. The average molecular weight is 422 g/mol. The first-order valence-corrected chi connectivity index (χ1v) is 10.7. The fourth-order valence-electron chi connectivity index (χ4n) is 3.45. The molecule has 2 aliphatic heterocycles. The Morgan fingerprint density at radius 2 is 2.07 bits per heavy atom. The van der Waals surface area contributed by atoms with Gasteiger partial charge >= 0.3 is 5.97 Å². The number of hydrogen-bond donors (Lipinski definition) is 1. The maximum absolute atomic E-state index is 12.7. The van der Waals surface area contributed by atoms with Gasteiger partial charge in [-0.25, -0.2) is 9.97 Å². The minimum Gasteiger partial charge on any atom is -0.481 e. The molecule has 0 aliphatic carbocycles. The molecule has 6 nitrogen and oxygen atoms in total. The van der Waals surface area contributed by atoms with Gasteiger partial charge in [-0.1, -0.05) is 41.6 Å². The fourth-order valence-corrected chi connectivity index (χ4v) is 5.98. The standard InChI is InChI=1S/C18H16ClN3O3S2/c19-15-14-11-6-7-22(17(25)10-4-2-1-3-5-10)8-12(11)27-16(14)21-18(20-15)26-9-13(23)24/h1-5,11-12H,6-9H2,(H,23,24). The van der Waals surface area contributed by atoms with Crippen molar-refractivity contribution in [1.29, 1.82) is 0 Å². The molecule has 1 N–H and O–H groups in total. The van der Waals surface area contributed by atoms with E-state index in [4.69, 9.17) is 16.7 Å². The molecule has 1 saturated heterocycles. The molecule has 2 atom stereocenters. The summed E-state index contributed by atoms with van der Waals surface area (Å²) in [6.07, 6.45) is 0.813. The van der Waals surface area contributed by atoms with Crippen LogP contribution in [0.4, 0.5) is 0 Å². The highest BCUT2D eigenvalue weighted by atomic mass is 35.5. The Bertz CT molecular complexity index is 897. The smallest absolute Gasteiger partial charge is 0.313 e. The van der Waals surface area contributed by atoms with Crippen molar-refractivity contribution in [1.82, 2.24) is 14.9 Å². The lowest BCUT2D eigenvalue weighted by Gasteiger charge is -2.34. The number of fused-ring (bicyclic) bond motifs is 3. The molecule has 27 heavy (non-hydrogen) atoms. The van der Waals surface area contributed by atoms with E-state index in [1.54, 1.807) is 11.8 Å². The lowest BCUT2D eigenvalue weighted by atomic mass is 9.91. The van der Waals surface area contributed by atoms with Gasteiger partial charge in [0.15, 0.2) is 5.16 Å². The van der Waals surface area contributed by atoms with Gasteiger partial charge < -0.3 is 10.0 Å². The zero-order valence-corrected chi connectivity index (χ0v) is 16.6. The number of carboxylic acids is 1. The van der Waals surface area contributed by atoms with Crippen molar-refractivity contribution < 1.29 is 14.7 Å². The Labute approximate surface area is 169 Å². The Kier molecular flexibility index (Phi) is 5.29. The predicted octanol–water partition coefficient (Wildman–Crippen LogP) is 3.41. The number of likely N-dealkylation sites (tertiary alicyclic amines) is 1. The van der Waals surface area contributed by atoms with Crippen molar-refractivity contribution in [2.24, 2.45) is 0 Å². The molecule has 0 spiro atoms. The van der Waals surface area contributed by atoms with E-state index < -0.39 is 5.97 Å². The molecule has 4 rings (SSSR count). The number of rotatable bonds is 4. The van der Waals surface area contributed by atoms with Crippen LogP contribution in [-0.4, -0.2) is 55.9 Å². The molecule has 1 aromatic heterocycles. The van der Waals surface area contributed by atoms with Gasteiger partial charge in [0.05, 0.1) is 5.75 Å². The second-order valence-corrected chi connectivity index (χ2v) is 8.90. The topological polar surface area (TPSA) is 83.4 Å². The third kappa shape index (κ3) is 3.79. The van der Waals surface area contributed by atoms with E-state index >= 15 is 0 Å². The van der Waals surface area contributed by atoms with Gasteiger partial charge in [0.25, 0.3) is 5.91 Å². The highest BCUT2D eigenvalue weighted by Crippen LogP contribution is 2.50. The van der Waals surface area contributed by atoms with E-state index in [1.807, 2.05) is 35.2 Å². The van der Waals surface area contributed by atoms with E-state index in [2.05, 4.69) is 9.97 Å². The van der Waals surface area contributed by atoms with E-state index in [1.165, 1.54) is 0 Å². The van der Waals surface area contributed by atoms with E-state index in [0.29, 0.717) is 29.0 Å². The number of carbonyl (C=O) groups is 2.